The Hall–Kier alpha value is -4.51. The van der Waals surface area contributed by atoms with Crippen molar-refractivity contribution < 1.29 is 9.53 Å². The zero-order chi connectivity index (χ0) is 27.1. The van der Waals surface area contributed by atoms with E-state index in [1.54, 1.807) is 0 Å². The summed E-state index contributed by atoms with van der Waals surface area (Å²) in [7, 11) is 0. The number of carbonyl (C=O) groups excluding carboxylic acids is 1. The highest BCUT2D eigenvalue weighted by molar-refractivity contribution is 5.87. The lowest BCUT2D eigenvalue weighted by Gasteiger charge is -2.26. The number of rotatable bonds is 9. The van der Waals surface area contributed by atoms with Crippen molar-refractivity contribution in [2.45, 2.75) is 45.0 Å². The van der Waals surface area contributed by atoms with Crippen molar-refractivity contribution >= 4 is 22.7 Å². The summed E-state index contributed by atoms with van der Waals surface area (Å²) in [5.74, 6) is 0. The Bertz CT molecular complexity index is 1490. The first-order valence-electron chi connectivity index (χ1n) is 14.1. The van der Waals surface area contributed by atoms with Crippen LogP contribution >= 0.6 is 0 Å². The van der Waals surface area contributed by atoms with Crippen molar-refractivity contribution in [2.75, 3.05) is 11.4 Å². The molecule has 1 N–H and O–H groups in total. The smallest absolute Gasteiger partial charge is 0.410 e. The summed E-state index contributed by atoms with van der Waals surface area (Å²) in [5, 5.41) is 1.22. The Labute approximate surface area is 236 Å². The zero-order valence-electron chi connectivity index (χ0n) is 22.7. The number of hydrogen-bond donors (Lipinski definition) is 1. The van der Waals surface area contributed by atoms with Crippen LogP contribution in [0.3, 0.4) is 0 Å². The Morgan fingerprint density at radius 2 is 1.45 bits per heavy atom. The fourth-order valence-electron chi connectivity index (χ4n) is 5.72. The third-order valence-corrected chi connectivity index (χ3v) is 7.82. The number of nitrogens with zero attached hydrogens (tertiary/aromatic N) is 2. The first-order chi connectivity index (χ1) is 19.7. The van der Waals surface area contributed by atoms with Gasteiger partial charge in [0.2, 0.25) is 0 Å². The average Bonchev–Trinajstić information content (AvgIpc) is 3.64. The van der Waals surface area contributed by atoms with Gasteiger partial charge in [0.05, 0.1) is 0 Å². The molecule has 1 unspecified atom stereocenters. The largest absolute Gasteiger partial charge is 0.445 e. The van der Waals surface area contributed by atoms with Gasteiger partial charge in [0, 0.05) is 48.5 Å². The van der Waals surface area contributed by atoms with Crippen LogP contribution < -0.4 is 4.90 Å². The number of anilines is 1. The van der Waals surface area contributed by atoms with Crippen LogP contribution in [-0.4, -0.2) is 28.6 Å². The summed E-state index contributed by atoms with van der Waals surface area (Å²) >= 11 is 0. The number of amides is 1. The average molecular weight is 530 g/mol. The van der Waals surface area contributed by atoms with E-state index < -0.39 is 0 Å². The maximum Gasteiger partial charge on any atom is 0.410 e. The molecule has 6 rings (SSSR count). The van der Waals surface area contributed by atoms with Crippen LogP contribution in [0.2, 0.25) is 0 Å². The van der Waals surface area contributed by atoms with Gasteiger partial charge in [-0.15, -0.1) is 0 Å². The van der Waals surface area contributed by atoms with E-state index in [4.69, 9.17) is 4.74 Å². The predicted molar refractivity (Wildman–Crippen MR) is 161 cm³/mol. The highest BCUT2D eigenvalue weighted by atomic mass is 16.6. The molecule has 40 heavy (non-hydrogen) atoms. The molecule has 5 heteroatoms. The van der Waals surface area contributed by atoms with Crippen LogP contribution in [0.5, 0.6) is 0 Å². The Kier molecular flexibility index (Phi) is 7.80. The van der Waals surface area contributed by atoms with Crippen LogP contribution in [0, 0.1) is 0 Å². The second-order valence-electron chi connectivity index (χ2n) is 10.6. The zero-order valence-corrected chi connectivity index (χ0v) is 22.7. The molecular weight excluding hydrogens is 494 g/mol. The van der Waals surface area contributed by atoms with Crippen molar-refractivity contribution in [3.63, 3.8) is 0 Å². The topological polar surface area (TPSA) is 48.6 Å². The van der Waals surface area contributed by atoms with Gasteiger partial charge >= 0.3 is 6.09 Å². The van der Waals surface area contributed by atoms with Crippen LogP contribution in [0.25, 0.3) is 10.9 Å². The third-order valence-electron chi connectivity index (χ3n) is 7.82. The molecule has 0 aliphatic carbocycles. The minimum absolute atomic E-state index is 0.135. The number of ether oxygens (including phenoxy) is 1. The molecule has 4 aromatic carbocycles. The van der Waals surface area contributed by atoms with E-state index in [9.17, 15) is 4.79 Å². The number of carbonyl (C=O) groups is 1. The summed E-state index contributed by atoms with van der Waals surface area (Å²) < 4.78 is 5.69. The van der Waals surface area contributed by atoms with E-state index in [2.05, 4.69) is 94.9 Å². The van der Waals surface area contributed by atoms with Crippen LogP contribution in [0.1, 0.15) is 35.1 Å². The minimum Gasteiger partial charge on any atom is -0.445 e. The molecule has 0 radical (unpaired) electrons. The number of hydrogen-bond acceptors (Lipinski definition) is 3. The summed E-state index contributed by atoms with van der Waals surface area (Å²) in [6.45, 7) is 2.70. The van der Waals surface area contributed by atoms with Gasteiger partial charge in [0.25, 0.3) is 0 Å². The number of aromatic nitrogens is 1. The van der Waals surface area contributed by atoms with E-state index in [0.717, 1.165) is 50.0 Å². The van der Waals surface area contributed by atoms with Gasteiger partial charge in [-0.1, -0.05) is 91.0 Å². The van der Waals surface area contributed by atoms with Crippen molar-refractivity contribution in [1.29, 1.82) is 0 Å². The Morgan fingerprint density at radius 3 is 2.10 bits per heavy atom. The lowest BCUT2D eigenvalue weighted by atomic mass is 10.0. The normalized spacial score (nSPS) is 14.9. The van der Waals surface area contributed by atoms with Gasteiger partial charge in [0.15, 0.2) is 0 Å². The number of fused-ring (bicyclic) bond motifs is 1. The van der Waals surface area contributed by atoms with Crippen molar-refractivity contribution in [1.82, 2.24) is 9.88 Å². The first kappa shape index (κ1) is 25.8. The molecule has 1 aromatic heterocycles. The van der Waals surface area contributed by atoms with Gasteiger partial charge in [0.1, 0.15) is 6.61 Å². The minimum atomic E-state index is -0.219. The Balaban J connectivity index is 1.21. The van der Waals surface area contributed by atoms with Crippen LogP contribution in [0.15, 0.2) is 115 Å². The van der Waals surface area contributed by atoms with Crippen molar-refractivity contribution in [3.8, 4) is 0 Å². The standard InChI is InChI=1S/C35H35N3O2/c39-35(40-26-29-15-8-3-9-16-29)38-20-10-17-32(38)21-30-23-36-34-19-18-31(22-33(30)34)37(24-27-11-4-1-5-12-27)25-28-13-6-2-7-14-28/h1-9,11-16,18-19,22-23,32,36H,10,17,20-21,24-26H2. The van der Waals surface area contributed by atoms with Gasteiger partial charge in [-0.2, -0.15) is 0 Å². The van der Waals surface area contributed by atoms with E-state index in [-0.39, 0.29) is 12.1 Å². The molecule has 1 aliphatic rings. The summed E-state index contributed by atoms with van der Waals surface area (Å²) in [5.41, 5.74) is 7.11. The third kappa shape index (κ3) is 6.04. The van der Waals surface area contributed by atoms with E-state index in [1.807, 2.05) is 35.2 Å². The molecule has 0 spiro atoms. The fraction of sp³-hybridized carbons (Fsp3) is 0.229. The molecule has 0 bridgehead atoms. The van der Waals surface area contributed by atoms with Gasteiger partial charge in [-0.3, -0.25) is 0 Å². The lowest BCUT2D eigenvalue weighted by Crippen LogP contribution is -2.37. The molecule has 1 fully saturated rings. The molecule has 0 saturated carbocycles. The maximum absolute atomic E-state index is 13.0. The van der Waals surface area contributed by atoms with Gasteiger partial charge < -0.3 is 19.5 Å². The predicted octanol–water partition coefficient (Wildman–Crippen LogP) is 7.72. The second kappa shape index (κ2) is 12.1. The quantitative estimate of drug-likeness (QED) is 0.213. The van der Waals surface area contributed by atoms with Crippen molar-refractivity contribution in [2.24, 2.45) is 0 Å². The highest BCUT2D eigenvalue weighted by Gasteiger charge is 2.30. The number of benzene rings is 4. The molecular formula is C35H35N3O2. The Morgan fingerprint density at radius 1 is 0.825 bits per heavy atom. The number of likely N-dealkylation sites (tertiary alicyclic amines) is 1. The lowest BCUT2D eigenvalue weighted by molar-refractivity contribution is 0.0921. The van der Waals surface area contributed by atoms with Crippen LogP contribution in [-0.2, 0) is 30.9 Å². The van der Waals surface area contributed by atoms with Crippen molar-refractivity contribution in [3.05, 3.63) is 138 Å². The molecule has 1 aliphatic heterocycles. The summed E-state index contributed by atoms with van der Waals surface area (Å²) in [4.78, 5) is 20.8. The fourth-order valence-corrected chi connectivity index (χ4v) is 5.72. The molecule has 202 valence electrons. The second-order valence-corrected chi connectivity index (χ2v) is 10.6. The van der Waals surface area contributed by atoms with Crippen LogP contribution in [0.4, 0.5) is 10.5 Å². The number of H-pyrrole nitrogens is 1. The molecule has 1 atom stereocenters. The maximum atomic E-state index is 13.0. The molecule has 5 aromatic rings. The molecule has 5 nitrogen and oxygen atoms in total. The van der Waals surface area contributed by atoms with Gasteiger partial charge in [-0.05, 0) is 59.7 Å². The monoisotopic (exact) mass is 529 g/mol. The SMILES string of the molecule is O=C(OCc1ccccc1)N1CCCC1Cc1c[nH]c2ccc(N(Cc3ccccc3)Cc3ccccc3)cc12. The summed E-state index contributed by atoms with van der Waals surface area (Å²) in [6, 6.07) is 38.0. The molecule has 2 heterocycles. The first-order valence-corrected chi connectivity index (χ1v) is 14.1. The number of nitrogens with one attached hydrogen (secondary N) is 1. The molecule has 1 saturated heterocycles. The molecule has 1 amide bonds. The van der Waals surface area contributed by atoms with E-state index in [1.165, 1.54) is 27.8 Å². The van der Waals surface area contributed by atoms with Gasteiger partial charge in [-0.25, -0.2) is 4.79 Å². The van der Waals surface area contributed by atoms with E-state index in [0.29, 0.717) is 6.61 Å². The van der Waals surface area contributed by atoms with E-state index >= 15 is 0 Å². The number of aromatic amines is 1. The highest BCUT2D eigenvalue weighted by Crippen LogP contribution is 2.30. The summed E-state index contributed by atoms with van der Waals surface area (Å²) in [6.07, 6.45) is 4.69.